The van der Waals surface area contributed by atoms with E-state index in [1.807, 2.05) is 25.1 Å². The Bertz CT molecular complexity index is 1190. The van der Waals surface area contributed by atoms with Crippen LogP contribution in [-0.4, -0.2) is 15.3 Å². The van der Waals surface area contributed by atoms with Crippen LogP contribution >= 0.6 is 22.9 Å². The number of aromatic nitrogens is 2. The van der Waals surface area contributed by atoms with Crippen LogP contribution in [0.5, 0.6) is 0 Å². The molecule has 2 aromatic carbocycles. The maximum atomic E-state index is 13.1. The first kappa shape index (κ1) is 17.6. The van der Waals surface area contributed by atoms with E-state index in [2.05, 4.69) is 4.98 Å². The molecule has 0 bridgehead atoms. The van der Waals surface area contributed by atoms with Crippen molar-refractivity contribution in [3.63, 3.8) is 0 Å². The molecule has 0 atom stereocenters. The van der Waals surface area contributed by atoms with Crippen LogP contribution in [-0.2, 0) is 6.54 Å². The second-order valence-corrected chi connectivity index (χ2v) is 7.83. The molecule has 4 aromatic rings. The number of benzene rings is 2. The first-order valence-electron chi connectivity index (χ1n) is 8.37. The van der Waals surface area contributed by atoms with Crippen molar-refractivity contribution in [2.75, 3.05) is 0 Å². The summed E-state index contributed by atoms with van der Waals surface area (Å²) in [6.45, 7) is 1.93. The van der Waals surface area contributed by atoms with E-state index >= 15 is 0 Å². The molecule has 0 aliphatic rings. The van der Waals surface area contributed by atoms with Gasteiger partial charge in [-0.25, -0.2) is 4.98 Å². The van der Waals surface area contributed by atoms with E-state index in [9.17, 15) is 9.59 Å². The van der Waals surface area contributed by atoms with Gasteiger partial charge in [-0.2, -0.15) is 0 Å². The minimum absolute atomic E-state index is 0.0409. The number of Topliss-reactive ketones (excluding diaryl/α,β-unsaturated/α-hetero) is 1. The average molecular weight is 395 g/mol. The third-order valence-corrected chi connectivity index (χ3v) is 5.66. The Labute approximate surface area is 164 Å². The topological polar surface area (TPSA) is 52.0 Å². The van der Waals surface area contributed by atoms with Crippen molar-refractivity contribution in [1.82, 2.24) is 9.55 Å². The summed E-state index contributed by atoms with van der Waals surface area (Å²) in [7, 11) is 0. The van der Waals surface area contributed by atoms with E-state index in [4.69, 9.17) is 11.6 Å². The Hall–Kier alpha value is -2.76. The van der Waals surface area contributed by atoms with Crippen LogP contribution in [0.25, 0.3) is 21.3 Å². The van der Waals surface area contributed by atoms with Crippen molar-refractivity contribution in [3.05, 3.63) is 86.7 Å². The van der Waals surface area contributed by atoms with Crippen molar-refractivity contribution < 1.29 is 4.79 Å². The minimum atomic E-state index is -0.210. The molecule has 4 rings (SSSR count). The van der Waals surface area contributed by atoms with E-state index in [0.717, 1.165) is 16.0 Å². The number of carbonyl (C=O) groups is 1. The van der Waals surface area contributed by atoms with Crippen molar-refractivity contribution in [2.24, 2.45) is 0 Å². The number of fused-ring (bicyclic) bond motifs is 1. The molecule has 2 heterocycles. The lowest BCUT2D eigenvalue weighted by molar-refractivity contribution is 0.0970. The van der Waals surface area contributed by atoms with Gasteiger partial charge in [0.25, 0.3) is 5.56 Å². The van der Waals surface area contributed by atoms with Gasteiger partial charge in [-0.1, -0.05) is 54.1 Å². The number of ketones is 1. The minimum Gasteiger partial charge on any atom is -0.292 e. The standard InChI is InChI=1S/C21H15ClN2O2S/c1-13-18(15-7-9-16(22)10-8-15)19-20(27-13)23-12-24(21(19)26)11-17(25)14-5-3-2-4-6-14/h2-10,12H,11H2,1H3. The molecule has 27 heavy (non-hydrogen) atoms. The van der Waals surface area contributed by atoms with Crippen molar-refractivity contribution in [2.45, 2.75) is 13.5 Å². The Balaban J connectivity index is 1.82. The number of halogens is 1. The zero-order valence-corrected chi connectivity index (χ0v) is 16.1. The van der Waals surface area contributed by atoms with Crippen molar-refractivity contribution in [3.8, 4) is 11.1 Å². The van der Waals surface area contributed by atoms with E-state index in [-0.39, 0.29) is 17.9 Å². The smallest absolute Gasteiger partial charge is 0.263 e. The van der Waals surface area contributed by atoms with Crippen LogP contribution in [0.1, 0.15) is 15.2 Å². The normalized spacial score (nSPS) is 11.0. The Kier molecular flexibility index (Phi) is 4.64. The zero-order valence-electron chi connectivity index (χ0n) is 14.5. The predicted octanol–water partition coefficient (Wildman–Crippen LogP) is 4.97. The number of carbonyl (C=O) groups excluding carboxylic acids is 1. The van der Waals surface area contributed by atoms with Gasteiger partial charge in [-0.05, 0) is 24.6 Å². The van der Waals surface area contributed by atoms with Gasteiger partial charge in [0.15, 0.2) is 5.78 Å². The van der Waals surface area contributed by atoms with Crippen LogP contribution in [0, 0.1) is 6.92 Å². The highest BCUT2D eigenvalue weighted by molar-refractivity contribution is 7.19. The number of hydrogen-bond donors (Lipinski definition) is 0. The van der Waals surface area contributed by atoms with Gasteiger partial charge in [-0.15, -0.1) is 11.3 Å². The maximum Gasteiger partial charge on any atom is 0.263 e. The molecule has 0 fully saturated rings. The number of rotatable bonds is 4. The molecule has 6 heteroatoms. The van der Waals surface area contributed by atoms with E-state index in [1.54, 1.807) is 36.4 Å². The third kappa shape index (κ3) is 3.31. The van der Waals surface area contributed by atoms with E-state index in [0.29, 0.717) is 20.8 Å². The SMILES string of the molecule is Cc1sc2ncn(CC(=O)c3ccccc3)c(=O)c2c1-c1ccc(Cl)cc1. The average Bonchev–Trinajstić information content (AvgIpc) is 3.02. The Morgan fingerprint density at radius 2 is 1.81 bits per heavy atom. The fourth-order valence-electron chi connectivity index (χ4n) is 3.08. The summed E-state index contributed by atoms with van der Waals surface area (Å²) in [6.07, 6.45) is 1.45. The van der Waals surface area contributed by atoms with Gasteiger partial charge < -0.3 is 0 Å². The van der Waals surface area contributed by atoms with Gasteiger partial charge in [0.2, 0.25) is 0 Å². The molecule has 0 aliphatic heterocycles. The molecule has 0 spiro atoms. The summed E-state index contributed by atoms with van der Waals surface area (Å²) in [6, 6.07) is 16.3. The molecular formula is C21H15ClN2O2S. The van der Waals surface area contributed by atoms with Crippen LogP contribution in [0.4, 0.5) is 0 Å². The summed E-state index contributed by atoms with van der Waals surface area (Å²) in [5.41, 5.74) is 2.13. The first-order chi connectivity index (χ1) is 13.0. The summed E-state index contributed by atoms with van der Waals surface area (Å²) in [5.74, 6) is -0.126. The molecule has 0 saturated carbocycles. The van der Waals surface area contributed by atoms with Crippen molar-refractivity contribution >= 4 is 38.9 Å². The van der Waals surface area contributed by atoms with Crippen LogP contribution in [0.15, 0.2) is 65.7 Å². The fraction of sp³-hybridized carbons (Fsp3) is 0.0952. The predicted molar refractivity (Wildman–Crippen MR) is 110 cm³/mol. The van der Waals surface area contributed by atoms with Crippen LogP contribution in [0.2, 0.25) is 5.02 Å². The van der Waals surface area contributed by atoms with Gasteiger partial charge in [0.1, 0.15) is 4.83 Å². The third-order valence-electron chi connectivity index (χ3n) is 4.40. The highest BCUT2D eigenvalue weighted by Gasteiger charge is 2.18. The van der Waals surface area contributed by atoms with E-state index in [1.165, 1.54) is 22.2 Å². The second-order valence-electron chi connectivity index (χ2n) is 6.19. The highest BCUT2D eigenvalue weighted by Crippen LogP contribution is 2.35. The lowest BCUT2D eigenvalue weighted by Crippen LogP contribution is -2.24. The van der Waals surface area contributed by atoms with Gasteiger partial charge in [0.05, 0.1) is 18.3 Å². The first-order valence-corrected chi connectivity index (χ1v) is 9.57. The number of thiophene rings is 1. The Morgan fingerprint density at radius 3 is 2.52 bits per heavy atom. The summed E-state index contributed by atoms with van der Waals surface area (Å²) < 4.78 is 1.38. The molecule has 0 saturated heterocycles. The van der Waals surface area contributed by atoms with Crippen LogP contribution < -0.4 is 5.56 Å². The van der Waals surface area contributed by atoms with E-state index < -0.39 is 0 Å². The zero-order chi connectivity index (χ0) is 19.0. The summed E-state index contributed by atoms with van der Waals surface area (Å²) in [4.78, 5) is 31.7. The molecule has 0 amide bonds. The number of aryl methyl sites for hydroxylation is 1. The number of nitrogens with zero attached hydrogens (tertiary/aromatic N) is 2. The van der Waals surface area contributed by atoms with Gasteiger partial charge in [0, 0.05) is 21.0 Å². The highest BCUT2D eigenvalue weighted by atomic mass is 35.5. The molecular weight excluding hydrogens is 380 g/mol. The van der Waals surface area contributed by atoms with Crippen LogP contribution in [0.3, 0.4) is 0 Å². The van der Waals surface area contributed by atoms with Gasteiger partial charge >= 0.3 is 0 Å². The molecule has 0 aliphatic carbocycles. The quantitative estimate of drug-likeness (QED) is 0.459. The second kappa shape index (κ2) is 7.10. The molecule has 0 N–H and O–H groups in total. The molecule has 4 nitrogen and oxygen atoms in total. The van der Waals surface area contributed by atoms with Crippen molar-refractivity contribution in [1.29, 1.82) is 0 Å². The molecule has 2 aromatic heterocycles. The maximum absolute atomic E-state index is 13.1. The van der Waals surface area contributed by atoms with Gasteiger partial charge in [-0.3, -0.25) is 14.2 Å². The fourth-order valence-corrected chi connectivity index (χ4v) is 4.21. The molecule has 0 radical (unpaired) electrons. The number of hydrogen-bond acceptors (Lipinski definition) is 4. The lowest BCUT2D eigenvalue weighted by atomic mass is 10.0. The molecule has 0 unspecified atom stereocenters. The Morgan fingerprint density at radius 1 is 1.11 bits per heavy atom. The summed E-state index contributed by atoms with van der Waals surface area (Å²) >= 11 is 7.46. The summed E-state index contributed by atoms with van der Waals surface area (Å²) in [5, 5.41) is 1.18. The largest absolute Gasteiger partial charge is 0.292 e. The lowest BCUT2D eigenvalue weighted by Gasteiger charge is -2.06. The monoisotopic (exact) mass is 394 g/mol. The molecule has 134 valence electrons.